The van der Waals surface area contributed by atoms with E-state index in [0.29, 0.717) is 16.8 Å². The Hall–Kier alpha value is -4.17. The Morgan fingerprint density at radius 3 is 2.19 bits per heavy atom. The Bertz CT molecular complexity index is 1280. The molecule has 3 aromatic rings. The van der Waals surface area contributed by atoms with E-state index in [9.17, 15) is 9.59 Å². The van der Waals surface area contributed by atoms with E-state index >= 15 is 0 Å². The monoisotopic (exact) mass is 421 g/mol. The van der Waals surface area contributed by atoms with Gasteiger partial charge in [-0.1, -0.05) is 42.8 Å². The normalized spacial score (nSPS) is 13.5. The molecule has 0 aliphatic carbocycles. The lowest BCUT2D eigenvalue weighted by Crippen LogP contribution is -2.32. The lowest BCUT2D eigenvalue weighted by molar-refractivity contribution is -0.120. The minimum atomic E-state index is -0.422. The van der Waals surface area contributed by atoms with Crippen LogP contribution < -0.4 is 10.2 Å². The highest BCUT2D eigenvalue weighted by Crippen LogP contribution is 2.35. The number of carbonyl (C=O) groups excluding carboxylic acids is 2. The van der Waals surface area contributed by atoms with Crippen LogP contribution in [0.25, 0.3) is 5.57 Å². The maximum atomic E-state index is 13.6. The predicted molar refractivity (Wildman–Crippen MR) is 126 cm³/mol. The molecule has 0 radical (unpaired) electrons. The van der Waals surface area contributed by atoms with Crippen LogP contribution in [0.2, 0.25) is 0 Å². The lowest BCUT2D eigenvalue weighted by Gasteiger charge is -2.15. The van der Waals surface area contributed by atoms with E-state index < -0.39 is 5.91 Å². The zero-order valence-electron chi connectivity index (χ0n) is 18.3. The Labute approximate surface area is 187 Å². The van der Waals surface area contributed by atoms with Gasteiger partial charge in [-0.05, 0) is 73.4 Å². The molecule has 0 saturated heterocycles. The van der Waals surface area contributed by atoms with Gasteiger partial charge >= 0.3 is 0 Å². The summed E-state index contributed by atoms with van der Waals surface area (Å²) in [6.45, 7) is 6.01. The van der Waals surface area contributed by atoms with Crippen molar-refractivity contribution < 1.29 is 9.59 Å². The fourth-order valence-electron chi connectivity index (χ4n) is 3.88. The molecule has 1 N–H and O–H groups in total. The van der Waals surface area contributed by atoms with Gasteiger partial charge in [0.1, 0.15) is 5.70 Å². The molecule has 0 fully saturated rings. The molecule has 5 nitrogen and oxygen atoms in total. The van der Waals surface area contributed by atoms with Crippen molar-refractivity contribution in [3.8, 4) is 6.07 Å². The summed E-state index contributed by atoms with van der Waals surface area (Å²) >= 11 is 0. The molecule has 0 unspecified atom stereocenters. The van der Waals surface area contributed by atoms with E-state index in [1.54, 1.807) is 24.3 Å². The van der Waals surface area contributed by atoms with E-state index in [4.69, 9.17) is 5.26 Å². The first-order valence-corrected chi connectivity index (χ1v) is 10.5. The summed E-state index contributed by atoms with van der Waals surface area (Å²) in [5, 5.41) is 12.3. The number of anilines is 2. The first-order valence-electron chi connectivity index (χ1n) is 10.5. The molecule has 1 aliphatic rings. The van der Waals surface area contributed by atoms with Crippen molar-refractivity contribution in [1.82, 2.24) is 0 Å². The standard InChI is InChI=1S/C27H23N3O2/c1-4-19-6-10-21(11-7-19)29-25-24(23-14-5-17(2)15-18(23)3)26(31)30(27(25)32)22-12-8-20(16-28)9-13-22/h5-15,29H,4H2,1-3H3. The SMILES string of the molecule is CCc1ccc(NC2=C(c3ccc(C)cc3C)C(=O)N(c3ccc(C#N)cc3)C2=O)cc1. The van der Waals surface area contributed by atoms with E-state index in [-0.39, 0.29) is 11.6 Å². The van der Waals surface area contributed by atoms with Crippen LogP contribution in [0.1, 0.15) is 34.7 Å². The molecule has 0 aromatic heterocycles. The molecule has 5 heteroatoms. The van der Waals surface area contributed by atoms with E-state index in [1.165, 1.54) is 10.5 Å². The number of nitrogens with zero attached hydrogens (tertiary/aromatic N) is 2. The van der Waals surface area contributed by atoms with Crippen molar-refractivity contribution in [3.05, 3.63) is 100 Å². The zero-order chi connectivity index (χ0) is 22.8. The van der Waals surface area contributed by atoms with E-state index in [2.05, 4.69) is 18.3 Å². The Balaban J connectivity index is 1.82. The van der Waals surface area contributed by atoms with Gasteiger partial charge in [-0.25, -0.2) is 4.90 Å². The summed E-state index contributed by atoms with van der Waals surface area (Å²) in [6.07, 6.45) is 0.917. The second kappa shape index (κ2) is 8.52. The molecule has 1 aliphatic heterocycles. The smallest absolute Gasteiger partial charge is 0.282 e. The average Bonchev–Trinajstić information content (AvgIpc) is 3.04. The van der Waals surface area contributed by atoms with Gasteiger partial charge in [0.05, 0.1) is 22.9 Å². The van der Waals surface area contributed by atoms with E-state index in [1.807, 2.05) is 56.3 Å². The number of benzene rings is 3. The van der Waals surface area contributed by atoms with Crippen molar-refractivity contribution in [1.29, 1.82) is 5.26 Å². The number of hydrogen-bond donors (Lipinski definition) is 1. The van der Waals surface area contributed by atoms with Gasteiger partial charge in [0.25, 0.3) is 11.8 Å². The van der Waals surface area contributed by atoms with Gasteiger partial charge < -0.3 is 5.32 Å². The van der Waals surface area contributed by atoms with Crippen LogP contribution in [-0.2, 0) is 16.0 Å². The number of aryl methyl sites for hydroxylation is 3. The summed E-state index contributed by atoms with van der Waals surface area (Å²) in [4.78, 5) is 28.2. The van der Waals surface area contributed by atoms with Crippen LogP contribution in [0.15, 0.2) is 72.4 Å². The third-order valence-electron chi connectivity index (χ3n) is 5.62. The first kappa shape index (κ1) is 21.1. The van der Waals surface area contributed by atoms with Crippen LogP contribution in [0, 0.1) is 25.2 Å². The second-order valence-corrected chi connectivity index (χ2v) is 7.85. The molecule has 3 aromatic carbocycles. The third kappa shape index (κ3) is 3.79. The fraction of sp³-hybridized carbons (Fsp3) is 0.148. The van der Waals surface area contributed by atoms with Crippen LogP contribution in [0.3, 0.4) is 0 Å². The topological polar surface area (TPSA) is 73.2 Å². The summed E-state index contributed by atoms with van der Waals surface area (Å²) in [7, 11) is 0. The van der Waals surface area contributed by atoms with Crippen molar-refractivity contribution in [2.24, 2.45) is 0 Å². The number of amides is 2. The van der Waals surface area contributed by atoms with Gasteiger partial charge in [-0.3, -0.25) is 9.59 Å². The number of imide groups is 1. The molecule has 2 amide bonds. The van der Waals surface area contributed by atoms with E-state index in [0.717, 1.165) is 28.8 Å². The van der Waals surface area contributed by atoms with Crippen molar-refractivity contribution in [2.75, 3.05) is 10.2 Å². The summed E-state index contributed by atoms with van der Waals surface area (Å²) < 4.78 is 0. The van der Waals surface area contributed by atoms with Crippen LogP contribution in [0.4, 0.5) is 11.4 Å². The largest absolute Gasteiger partial charge is 0.350 e. The van der Waals surface area contributed by atoms with Gasteiger partial charge in [0.15, 0.2) is 0 Å². The lowest BCUT2D eigenvalue weighted by atomic mass is 9.97. The minimum Gasteiger partial charge on any atom is -0.350 e. The molecule has 0 atom stereocenters. The van der Waals surface area contributed by atoms with Crippen LogP contribution >= 0.6 is 0 Å². The number of nitriles is 1. The number of carbonyl (C=O) groups is 2. The highest BCUT2D eigenvalue weighted by molar-refractivity contribution is 6.46. The van der Waals surface area contributed by atoms with Gasteiger partial charge in [0.2, 0.25) is 0 Å². The predicted octanol–water partition coefficient (Wildman–Crippen LogP) is 5.13. The molecule has 0 saturated carbocycles. The Morgan fingerprint density at radius 1 is 0.906 bits per heavy atom. The summed E-state index contributed by atoms with van der Waals surface area (Å²) in [6, 6.07) is 22.1. The zero-order valence-corrected chi connectivity index (χ0v) is 18.3. The van der Waals surface area contributed by atoms with Crippen molar-refractivity contribution >= 4 is 28.8 Å². The molecule has 4 rings (SSSR count). The first-order chi connectivity index (χ1) is 15.4. The van der Waals surface area contributed by atoms with Gasteiger partial charge in [0, 0.05) is 5.69 Å². The molecule has 1 heterocycles. The number of hydrogen-bond acceptors (Lipinski definition) is 4. The summed E-state index contributed by atoms with van der Waals surface area (Å²) in [5.41, 5.74) is 6.13. The highest BCUT2D eigenvalue weighted by Gasteiger charge is 2.40. The van der Waals surface area contributed by atoms with Crippen LogP contribution in [-0.4, -0.2) is 11.8 Å². The maximum absolute atomic E-state index is 13.6. The molecule has 32 heavy (non-hydrogen) atoms. The average molecular weight is 422 g/mol. The fourth-order valence-corrected chi connectivity index (χ4v) is 3.88. The highest BCUT2D eigenvalue weighted by atomic mass is 16.2. The molecule has 158 valence electrons. The van der Waals surface area contributed by atoms with Crippen LogP contribution in [0.5, 0.6) is 0 Å². The Kier molecular flexibility index (Phi) is 5.61. The molecular formula is C27H23N3O2. The number of rotatable bonds is 5. The molecule has 0 spiro atoms. The van der Waals surface area contributed by atoms with Gasteiger partial charge in [-0.2, -0.15) is 5.26 Å². The Morgan fingerprint density at radius 2 is 1.59 bits per heavy atom. The summed E-state index contributed by atoms with van der Waals surface area (Å²) in [5.74, 6) is -0.811. The third-order valence-corrected chi connectivity index (χ3v) is 5.62. The van der Waals surface area contributed by atoms with Gasteiger partial charge in [-0.15, -0.1) is 0 Å². The van der Waals surface area contributed by atoms with Crippen molar-refractivity contribution in [3.63, 3.8) is 0 Å². The maximum Gasteiger partial charge on any atom is 0.282 e. The van der Waals surface area contributed by atoms with Crippen molar-refractivity contribution in [2.45, 2.75) is 27.2 Å². The second-order valence-electron chi connectivity index (χ2n) is 7.85. The number of nitrogens with one attached hydrogen (secondary N) is 1. The molecular weight excluding hydrogens is 398 g/mol. The quantitative estimate of drug-likeness (QED) is 0.580. The molecule has 0 bridgehead atoms. The minimum absolute atomic E-state index is 0.246.